The smallest absolute Gasteiger partial charge is 0.248 e. The first kappa shape index (κ1) is 24.4. The molecule has 1 heterocycles. The second kappa shape index (κ2) is 12.1. The molecule has 3 rings (SSSR count). The van der Waals surface area contributed by atoms with Crippen molar-refractivity contribution in [1.82, 2.24) is 4.57 Å². The maximum atomic E-state index is 12.7. The van der Waals surface area contributed by atoms with Gasteiger partial charge in [-0.3, -0.25) is 4.79 Å². The molecule has 0 saturated carbocycles. The standard InChI is InChI=1S/C24H30N2O4S2/c1-5-30-15-14-26-22-19(28-3)12-13-20(29-4)23(22)32-24(26)25-21(27)7-6-16-31-18-10-8-17(2)9-11-18/h8-13H,5-7,14-16H2,1-4H3. The molecule has 0 fully saturated rings. The molecule has 0 atom stereocenters. The molecule has 2 aromatic carbocycles. The van der Waals surface area contributed by atoms with Gasteiger partial charge >= 0.3 is 0 Å². The molecule has 0 aliphatic heterocycles. The van der Waals surface area contributed by atoms with Gasteiger partial charge in [0.15, 0.2) is 4.80 Å². The Bertz CT molecular complexity index is 1100. The van der Waals surface area contributed by atoms with Crippen molar-refractivity contribution in [3.63, 3.8) is 0 Å². The Morgan fingerprint density at radius 3 is 2.50 bits per heavy atom. The largest absolute Gasteiger partial charge is 0.495 e. The molecule has 32 heavy (non-hydrogen) atoms. The third-order valence-electron chi connectivity index (χ3n) is 4.90. The maximum absolute atomic E-state index is 12.7. The van der Waals surface area contributed by atoms with E-state index in [9.17, 15) is 4.79 Å². The number of thiazole rings is 1. The van der Waals surface area contributed by atoms with E-state index in [0.29, 0.717) is 31.0 Å². The van der Waals surface area contributed by atoms with Gasteiger partial charge in [-0.15, -0.1) is 11.8 Å². The molecule has 0 unspecified atom stereocenters. The van der Waals surface area contributed by atoms with E-state index < -0.39 is 0 Å². The second-order valence-corrected chi connectivity index (χ2v) is 9.30. The minimum Gasteiger partial charge on any atom is -0.495 e. The molecule has 0 spiro atoms. The molecule has 3 aromatic rings. The summed E-state index contributed by atoms with van der Waals surface area (Å²) in [6.45, 7) is 5.77. The van der Waals surface area contributed by atoms with Crippen molar-refractivity contribution in [1.29, 1.82) is 0 Å². The molecule has 8 heteroatoms. The van der Waals surface area contributed by atoms with Gasteiger partial charge in [0.2, 0.25) is 5.91 Å². The number of ether oxygens (including phenoxy) is 3. The SMILES string of the molecule is CCOCCn1c(=NC(=O)CCCSc2ccc(C)cc2)sc2c(OC)ccc(OC)c21. The van der Waals surface area contributed by atoms with Crippen molar-refractivity contribution in [2.24, 2.45) is 4.99 Å². The summed E-state index contributed by atoms with van der Waals surface area (Å²) in [6.07, 6.45) is 1.18. The number of aryl methyl sites for hydroxylation is 1. The van der Waals surface area contributed by atoms with E-state index in [4.69, 9.17) is 14.2 Å². The highest BCUT2D eigenvalue weighted by molar-refractivity contribution is 7.99. The van der Waals surface area contributed by atoms with Crippen LogP contribution in [0.15, 0.2) is 46.3 Å². The lowest BCUT2D eigenvalue weighted by atomic mass is 10.2. The number of benzene rings is 2. The summed E-state index contributed by atoms with van der Waals surface area (Å²) < 4.78 is 19.6. The molecule has 0 bridgehead atoms. The summed E-state index contributed by atoms with van der Waals surface area (Å²) in [5, 5.41) is 0. The monoisotopic (exact) mass is 474 g/mol. The van der Waals surface area contributed by atoms with Crippen molar-refractivity contribution in [3.05, 3.63) is 46.8 Å². The molecule has 6 nitrogen and oxygen atoms in total. The quantitative estimate of drug-likeness (QED) is 0.287. The van der Waals surface area contributed by atoms with Gasteiger partial charge in [0, 0.05) is 24.5 Å². The van der Waals surface area contributed by atoms with Gasteiger partial charge in [0.1, 0.15) is 21.7 Å². The van der Waals surface area contributed by atoms with Crippen LogP contribution in [0.1, 0.15) is 25.3 Å². The van der Waals surface area contributed by atoms with E-state index in [1.165, 1.54) is 21.8 Å². The summed E-state index contributed by atoms with van der Waals surface area (Å²) in [5.74, 6) is 2.21. The number of fused-ring (bicyclic) bond motifs is 1. The highest BCUT2D eigenvalue weighted by atomic mass is 32.2. The number of thioether (sulfide) groups is 1. The zero-order valence-corrected chi connectivity index (χ0v) is 20.7. The van der Waals surface area contributed by atoms with E-state index in [0.717, 1.165) is 33.9 Å². The van der Waals surface area contributed by atoms with Crippen molar-refractivity contribution >= 4 is 39.2 Å². The molecule has 0 aliphatic carbocycles. The fraction of sp³-hybridized carbons (Fsp3) is 0.417. The first-order valence-corrected chi connectivity index (χ1v) is 12.5. The minimum atomic E-state index is -0.121. The van der Waals surface area contributed by atoms with E-state index in [2.05, 4.69) is 36.2 Å². The van der Waals surface area contributed by atoms with Crippen LogP contribution >= 0.6 is 23.1 Å². The Balaban J connectivity index is 1.79. The number of amides is 1. The summed E-state index contributed by atoms with van der Waals surface area (Å²) in [6, 6.07) is 12.2. The fourth-order valence-corrected chi connectivity index (χ4v) is 5.29. The third kappa shape index (κ3) is 6.15. The van der Waals surface area contributed by atoms with Crippen LogP contribution in [-0.2, 0) is 16.1 Å². The van der Waals surface area contributed by atoms with Crippen molar-refractivity contribution < 1.29 is 19.0 Å². The van der Waals surface area contributed by atoms with Gasteiger partial charge in [-0.2, -0.15) is 4.99 Å². The van der Waals surface area contributed by atoms with E-state index >= 15 is 0 Å². The van der Waals surface area contributed by atoms with Crippen LogP contribution in [0, 0.1) is 6.92 Å². The van der Waals surface area contributed by atoms with Crippen LogP contribution < -0.4 is 14.3 Å². The third-order valence-corrected chi connectivity index (χ3v) is 7.09. The predicted octanol–water partition coefficient (Wildman–Crippen LogP) is 5.06. The summed E-state index contributed by atoms with van der Waals surface area (Å²) >= 11 is 3.20. The van der Waals surface area contributed by atoms with Crippen molar-refractivity contribution in [2.75, 3.05) is 33.2 Å². The number of carbonyl (C=O) groups is 1. The topological polar surface area (TPSA) is 62.1 Å². The number of aromatic nitrogens is 1. The van der Waals surface area contributed by atoms with Gasteiger partial charge in [-0.1, -0.05) is 29.0 Å². The van der Waals surface area contributed by atoms with Crippen LogP contribution in [0.3, 0.4) is 0 Å². The number of hydrogen-bond donors (Lipinski definition) is 0. The average Bonchev–Trinajstić information content (AvgIpc) is 3.15. The van der Waals surface area contributed by atoms with Gasteiger partial charge < -0.3 is 18.8 Å². The molecular formula is C24H30N2O4S2. The van der Waals surface area contributed by atoms with E-state index in [-0.39, 0.29) is 5.91 Å². The normalized spacial score (nSPS) is 11.8. The number of nitrogens with zero attached hydrogens (tertiary/aromatic N) is 2. The Kier molecular flexibility index (Phi) is 9.20. The second-order valence-electron chi connectivity index (χ2n) is 7.15. The van der Waals surface area contributed by atoms with E-state index in [1.807, 2.05) is 23.6 Å². The van der Waals surface area contributed by atoms with Crippen LogP contribution in [0.4, 0.5) is 0 Å². The lowest BCUT2D eigenvalue weighted by Crippen LogP contribution is -2.20. The summed E-state index contributed by atoms with van der Waals surface area (Å²) in [7, 11) is 3.28. The van der Waals surface area contributed by atoms with Gasteiger partial charge in [0.25, 0.3) is 0 Å². The lowest BCUT2D eigenvalue weighted by Gasteiger charge is -2.10. The first-order chi connectivity index (χ1) is 15.6. The Morgan fingerprint density at radius 1 is 1.09 bits per heavy atom. The molecule has 172 valence electrons. The number of carbonyl (C=O) groups excluding carboxylic acids is 1. The van der Waals surface area contributed by atoms with Crippen LogP contribution in [-0.4, -0.2) is 43.7 Å². The van der Waals surface area contributed by atoms with Gasteiger partial charge in [0.05, 0.1) is 20.8 Å². The average molecular weight is 475 g/mol. The number of hydrogen-bond acceptors (Lipinski definition) is 6. The first-order valence-electron chi connectivity index (χ1n) is 10.7. The Hall–Kier alpha value is -2.29. The zero-order chi connectivity index (χ0) is 22.9. The lowest BCUT2D eigenvalue weighted by molar-refractivity contribution is -0.118. The fourth-order valence-electron chi connectivity index (χ4n) is 3.26. The molecular weight excluding hydrogens is 444 g/mol. The van der Waals surface area contributed by atoms with Crippen LogP contribution in [0.5, 0.6) is 11.5 Å². The van der Waals surface area contributed by atoms with Gasteiger partial charge in [-0.25, -0.2) is 0 Å². The number of rotatable bonds is 11. The van der Waals surface area contributed by atoms with E-state index in [1.54, 1.807) is 26.0 Å². The van der Waals surface area contributed by atoms with Crippen LogP contribution in [0.25, 0.3) is 10.2 Å². The number of methoxy groups -OCH3 is 2. The Morgan fingerprint density at radius 2 is 1.81 bits per heavy atom. The summed E-state index contributed by atoms with van der Waals surface area (Å²) in [5.41, 5.74) is 2.12. The Labute approximate surface area is 197 Å². The highest BCUT2D eigenvalue weighted by Gasteiger charge is 2.16. The molecule has 1 aromatic heterocycles. The minimum absolute atomic E-state index is 0.121. The molecule has 0 saturated heterocycles. The van der Waals surface area contributed by atoms with Crippen molar-refractivity contribution in [2.45, 2.75) is 38.1 Å². The predicted molar refractivity (Wildman–Crippen MR) is 131 cm³/mol. The molecule has 0 N–H and O–H groups in total. The molecule has 0 radical (unpaired) electrons. The van der Waals surface area contributed by atoms with Crippen LogP contribution in [0.2, 0.25) is 0 Å². The summed E-state index contributed by atoms with van der Waals surface area (Å²) in [4.78, 5) is 19.0. The molecule has 0 aliphatic rings. The zero-order valence-electron chi connectivity index (χ0n) is 19.1. The maximum Gasteiger partial charge on any atom is 0.248 e. The highest BCUT2D eigenvalue weighted by Crippen LogP contribution is 2.35. The van der Waals surface area contributed by atoms with Gasteiger partial charge in [-0.05, 0) is 50.3 Å². The molecule has 1 amide bonds. The van der Waals surface area contributed by atoms with Crippen molar-refractivity contribution in [3.8, 4) is 11.5 Å².